The summed E-state index contributed by atoms with van der Waals surface area (Å²) in [6.07, 6.45) is 0.971. The van der Waals surface area contributed by atoms with Crippen LogP contribution in [0.1, 0.15) is 19.4 Å². The van der Waals surface area contributed by atoms with E-state index in [4.69, 9.17) is 0 Å². The first-order valence-corrected chi connectivity index (χ1v) is 11.0. The van der Waals surface area contributed by atoms with Gasteiger partial charge in [-0.15, -0.1) is 0 Å². The number of hydrogen-bond acceptors (Lipinski definition) is 8. The summed E-state index contributed by atoms with van der Waals surface area (Å²) >= 11 is 0. The summed E-state index contributed by atoms with van der Waals surface area (Å²) in [6.45, 7) is -3.07. The molecule has 0 saturated heterocycles. The number of ether oxygens (including phenoxy) is 2. The van der Waals surface area contributed by atoms with Gasteiger partial charge >= 0.3 is 13.2 Å². The third kappa shape index (κ3) is 6.77. The molecule has 34 heavy (non-hydrogen) atoms. The summed E-state index contributed by atoms with van der Waals surface area (Å²) in [4.78, 5) is 9.95. The maximum atomic E-state index is 13.0. The normalized spacial score (nSPS) is 12.0. The van der Waals surface area contributed by atoms with Gasteiger partial charge in [0.25, 0.3) is 5.69 Å². The zero-order valence-corrected chi connectivity index (χ0v) is 18.6. The molecule has 0 aromatic heterocycles. The summed E-state index contributed by atoms with van der Waals surface area (Å²) in [5.74, 6) is -0.961. The summed E-state index contributed by atoms with van der Waals surface area (Å²) in [5.41, 5.74) is 1.74. The molecule has 0 heterocycles. The Kier molecular flexibility index (Phi) is 9.14. The van der Waals surface area contributed by atoms with Gasteiger partial charge in [-0.1, -0.05) is 13.8 Å². The van der Waals surface area contributed by atoms with E-state index >= 15 is 0 Å². The molecule has 2 aromatic carbocycles. The first-order chi connectivity index (χ1) is 16.0. The SMILES string of the molecule is CCN(CC)S(=O)(=O)c1cc([N+](=O)[O-])ccc1N/N=C/c1ccc(OC(F)F)cc1OC(F)F. The van der Waals surface area contributed by atoms with Crippen molar-refractivity contribution in [1.82, 2.24) is 4.31 Å². The average molecular weight is 508 g/mol. The third-order valence-electron chi connectivity index (χ3n) is 4.31. The Hall–Kier alpha value is -3.46. The predicted molar refractivity (Wildman–Crippen MR) is 114 cm³/mol. The molecule has 2 aromatic rings. The van der Waals surface area contributed by atoms with Crippen molar-refractivity contribution in [2.45, 2.75) is 32.0 Å². The molecule has 0 saturated carbocycles. The van der Waals surface area contributed by atoms with Crippen molar-refractivity contribution in [3.8, 4) is 11.5 Å². The number of nitrogens with one attached hydrogen (secondary N) is 1. The minimum atomic E-state index is -4.14. The van der Waals surface area contributed by atoms with Crippen molar-refractivity contribution in [1.29, 1.82) is 0 Å². The summed E-state index contributed by atoms with van der Waals surface area (Å²) in [6, 6.07) is 6.04. The number of non-ortho nitro benzene ring substituents is 1. The molecule has 0 aliphatic carbocycles. The number of hydrazone groups is 1. The van der Waals surface area contributed by atoms with E-state index in [2.05, 4.69) is 20.0 Å². The first kappa shape index (κ1) is 26.8. The Bertz CT molecular complexity index is 1140. The summed E-state index contributed by atoms with van der Waals surface area (Å²) < 4.78 is 85.6. The number of nitrogens with zero attached hydrogens (tertiary/aromatic N) is 3. The molecule has 1 N–H and O–H groups in total. The number of halogens is 4. The molecule has 0 spiro atoms. The van der Waals surface area contributed by atoms with Crippen LogP contribution in [0.5, 0.6) is 11.5 Å². The van der Waals surface area contributed by atoms with Gasteiger partial charge in [-0.2, -0.15) is 27.0 Å². The largest absolute Gasteiger partial charge is 0.435 e. The van der Waals surface area contributed by atoms with Crippen LogP contribution in [0.15, 0.2) is 46.4 Å². The maximum absolute atomic E-state index is 13.0. The number of nitro groups is 1. The van der Waals surface area contributed by atoms with Crippen LogP contribution in [-0.2, 0) is 10.0 Å². The second kappa shape index (κ2) is 11.6. The lowest BCUT2D eigenvalue weighted by atomic mass is 10.2. The van der Waals surface area contributed by atoms with Crippen molar-refractivity contribution in [3.05, 3.63) is 52.1 Å². The minimum absolute atomic E-state index is 0.0792. The Morgan fingerprint density at radius 1 is 1.09 bits per heavy atom. The number of rotatable bonds is 12. The van der Waals surface area contributed by atoms with E-state index in [9.17, 15) is 36.1 Å². The highest BCUT2D eigenvalue weighted by Gasteiger charge is 2.27. The van der Waals surface area contributed by atoms with Crippen LogP contribution >= 0.6 is 0 Å². The van der Waals surface area contributed by atoms with Crippen LogP contribution in [0.25, 0.3) is 0 Å². The van der Waals surface area contributed by atoms with Crippen LogP contribution in [0.2, 0.25) is 0 Å². The van der Waals surface area contributed by atoms with Crippen LogP contribution in [0.3, 0.4) is 0 Å². The van der Waals surface area contributed by atoms with Crippen LogP contribution in [0.4, 0.5) is 28.9 Å². The van der Waals surface area contributed by atoms with Gasteiger partial charge in [-0.3, -0.25) is 15.5 Å². The first-order valence-electron chi connectivity index (χ1n) is 9.60. The highest BCUT2D eigenvalue weighted by Crippen LogP contribution is 2.30. The monoisotopic (exact) mass is 508 g/mol. The fraction of sp³-hybridized carbons (Fsp3) is 0.316. The van der Waals surface area contributed by atoms with Gasteiger partial charge in [0, 0.05) is 36.9 Å². The molecule has 2 rings (SSSR count). The lowest BCUT2D eigenvalue weighted by Gasteiger charge is -2.20. The van der Waals surface area contributed by atoms with Crippen LogP contribution in [0, 0.1) is 10.1 Å². The number of anilines is 1. The van der Waals surface area contributed by atoms with Crippen LogP contribution in [-0.4, -0.2) is 50.2 Å². The van der Waals surface area contributed by atoms with Gasteiger partial charge in [0.05, 0.1) is 16.8 Å². The average Bonchev–Trinajstić information content (AvgIpc) is 2.75. The molecule has 0 amide bonds. The standard InChI is InChI=1S/C19H20F4N4O6S/c1-3-26(4-2)34(30,31)17-9-13(27(28)29)6-8-15(17)25-24-11-12-5-7-14(32-18(20)21)10-16(12)33-19(22)23/h5-11,18-19,25H,3-4H2,1-2H3/b24-11+. The highest BCUT2D eigenvalue weighted by molar-refractivity contribution is 7.89. The Balaban J connectivity index is 2.43. The molecule has 186 valence electrons. The second-order valence-corrected chi connectivity index (χ2v) is 8.26. The van der Waals surface area contributed by atoms with Crippen molar-refractivity contribution in [2.24, 2.45) is 5.10 Å². The number of benzene rings is 2. The maximum Gasteiger partial charge on any atom is 0.387 e. The van der Waals surface area contributed by atoms with Gasteiger partial charge in [-0.25, -0.2) is 8.42 Å². The van der Waals surface area contributed by atoms with E-state index < -0.39 is 50.3 Å². The molecule has 0 aliphatic rings. The molecule has 10 nitrogen and oxygen atoms in total. The smallest absolute Gasteiger partial charge is 0.387 e. The molecule has 0 radical (unpaired) electrons. The molecule has 0 unspecified atom stereocenters. The topological polar surface area (TPSA) is 123 Å². The van der Waals surface area contributed by atoms with Crippen LogP contribution < -0.4 is 14.9 Å². The highest BCUT2D eigenvalue weighted by atomic mass is 32.2. The molecule has 0 bridgehead atoms. The molecule has 0 atom stereocenters. The van der Waals surface area contributed by atoms with Gasteiger partial charge < -0.3 is 9.47 Å². The Labute approximate surface area is 192 Å². The van der Waals surface area contributed by atoms with E-state index in [1.54, 1.807) is 13.8 Å². The predicted octanol–water partition coefficient (Wildman–Crippen LogP) is 4.27. The molecular formula is C19H20F4N4O6S. The van der Waals surface area contributed by atoms with E-state index in [0.717, 1.165) is 46.9 Å². The van der Waals surface area contributed by atoms with Crippen molar-refractivity contribution < 1.29 is 40.4 Å². The van der Waals surface area contributed by atoms with E-state index in [1.165, 1.54) is 0 Å². The van der Waals surface area contributed by atoms with E-state index in [1.807, 2.05) is 0 Å². The van der Waals surface area contributed by atoms with Gasteiger partial charge in [0.2, 0.25) is 10.0 Å². The summed E-state index contributed by atoms with van der Waals surface area (Å²) in [5, 5.41) is 14.9. The molecular weight excluding hydrogens is 488 g/mol. The number of nitro benzene ring substituents is 1. The number of hydrogen-bond donors (Lipinski definition) is 1. The van der Waals surface area contributed by atoms with Crippen molar-refractivity contribution in [3.63, 3.8) is 0 Å². The minimum Gasteiger partial charge on any atom is -0.435 e. The lowest BCUT2D eigenvalue weighted by Crippen LogP contribution is -2.31. The van der Waals surface area contributed by atoms with Gasteiger partial charge in [0.1, 0.15) is 16.4 Å². The summed E-state index contributed by atoms with van der Waals surface area (Å²) in [7, 11) is -4.14. The van der Waals surface area contributed by atoms with Gasteiger partial charge in [0.15, 0.2) is 0 Å². The van der Waals surface area contributed by atoms with Crippen molar-refractivity contribution >= 4 is 27.6 Å². The fourth-order valence-electron chi connectivity index (χ4n) is 2.80. The lowest BCUT2D eigenvalue weighted by molar-refractivity contribution is -0.385. The zero-order valence-electron chi connectivity index (χ0n) is 17.8. The number of alkyl halides is 4. The van der Waals surface area contributed by atoms with E-state index in [-0.39, 0.29) is 24.3 Å². The number of sulfonamides is 1. The van der Waals surface area contributed by atoms with E-state index in [0.29, 0.717) is 0 Å². The molecule has 0 fully saturated rings. The third-order valence-corrected chi connectivity index (χ3v) is 6.40. The quantitative estimate of drug-likeness (QED) is 0.197. The molecule has 15 heteroatoms. The second-order valence-electron chi connectivity index (χ2n) is 6.35. The fourth-order valence-corrected chi connectivity index (χ4v) is 4.42. The van der Waals surface area contributed by atoms with Crippen molar-refractivity contribution in [2.75, 3.05) is 18.5 Å². The Morgan fingerprint density at radius 3 is 2.29 bits per heavy atom. The zero-order chi connectivity index (χ0) is 25.5. The van der Waals surface area contributed by atoms with Gasteiger partial charge in [-0.05, 0) is 18.2 Å². The molecule has 0 aliphatic heterocycles. The Morgan fingerprint density at radius 2 is 1.74 bits per heavy atom.